The lowest BCUT2D eigenvalue weighted by Gasteiger charge is -2.14. The number of nitrogens with one attached hydrogen (secondary N) is 2. The molecule has 0 saturated heterocycles. The minimum absolute atomic E-state index is 0.175. The van der Waals surface area contributed by atoms with Crippen molar-refractivity contribution < 1.29 is 33.3 Å². The van der Waals surface area contributed by atoms with E-state index in [9.17, 15) is 9.59 Å². The standard InChI is InChI=1S/C26H24ClN3O7/c1-14-18(7-15-8-20(34-2)25(21(9-15)35-3)37-13-22(31)32)24-19(10-16(27)11-28-24)23(14)30-26(33)29-12-17-5-4-6-36-17/h4-11H,12-13H2,1-3H3,(H,31,32)(H2,29,30,33)/b18-7-. The Hall–Kier alpha value is -4.44. The molecular formula is C26H24ClN3O7. The SMILES string of the molecule is COc1cc(/C=C2/C(C)=C(NC(=O)NCc3ccco3)c3cc(Cl)cnc32)cc(OC)c1OCC(=O)O. The summed E-state index contributed by atoms with van der Waals surface area (Å²) in [7, 11) is 2.89. The van der Waals surface area contributed by atoms with Crippen molar-refractivity contribution in [2.75, 3.05) is 20.8 Å². The van der Waals surface area contributed by atoms with E-state index in [-0.39, 0.29) is 12.3 Å². The van der Waals surface area contributed by atoms with E-state index in [1.54, 1.807) is 30.3 Å². The number of carbonyl (C=O) groups is 2. The maximum Gasteiger partial charge on any atom is 0.341 e. The van der Waals surface area contributed by atoms with Crippen LogP contribution in [0.5, 0.6) is 17.2 Å². The molecule has 1 aromatic carbocycles. The molecule has 2 amide bonds. The first-order valence-corrected chi connectivity index (χ1v) is 11.5. The molecule has 0 saturated carbocycles. The third-order valence-corrected chi connectivity index (χ3v) is 5.74. The van der Waals surface area contributed by atoms with Gasteiger partial charge >= 0.3 is 12.0 Å². The van der Waals surface area contributed by atoms with Crippen LogP contribution in [0, 0.1) is 0 Å². The van der Waals surface area contributed by atoms with E-state index in [0.717, 1.165) is 11.1 Å². The van der Waals surface area contributed by atoms with Gasteiger partial charge in [-0.25, -0.2) is 9.59 Å². The van der Waals surface area contributed by atoms with E-state index >= 15 is 0 Å². The van der Waals surface area contributed by atoms with E-state index in [1.807, 2.05) is 13.0 Å². The number of urea groups is 1. The predicted octanol–water partition coefficient (Wildman–Crippen LogP) is 4.59. The summed E-state index contributed by atoms with van der Waals surface area (Å²) in [5.74, 6) is 0.265. The number of hydrogen-bond donors (Lipinski definition) is 3. The lowest BCUT2D eigenvalue weighted by molar-refractivity contribution is -0.139. The van der Waals surface area contributed by atoms with E-state index in [2.05, 4.69) is 15.6 Å². The number of amides is 2. The van der Waals surface area contributed by atoms with Crippen LogP contribution in [0.3, 0.4) is 0 Å². The van der Waals surface area contributed by atoms with Crippen LogP contribution in [0.1, 0.15) is 29.5 Å². The second-order valence-corrected chi connectivity index (χ2v) is 8.37. The number of allylic oxidation sites excluding steroid dienone is 2. The normalized spacial score (nSPS) is 13.4. The second kappa shape index (κ2) is 11.1. The molecule has 3 N–H and O–H groups in total. The molecule has 37 heavy (non-hydrogen) atoms. The van der Waals surface area contributed by atoms with Crippen molar-refractivity contribution in [1.29, 1.82) is 0 Å². The number of rotatable bonds is 9. The minimum Gasteiger partial charge on any atom is -0.493 e. The number of pyridine rings is 1. The van der Waals surface area contributed by atoms with Gasteiger partial charge in [-0.2, -0.15) is 0 Å². The molecule has 3 aromatic rings. The Labute approximate surface area is 217 Å². The Bertz CT molecular complexity index is 1370. The summed E-state index contributed by atoms with van der Waals surface area (Å²) >= 11 is 6.22. The Morgan fingerprint density at radius 3 is 2.54 bits per heavy atom. The van der Waals surface area contributed by atoms with Gasteiger partial charge in [0.2, 0.25) is 5.75 Å². The first-order valence-electron chi connectivity index (χ1n) is 11.1. The van der Waals surface area contributed by atoms with Crippen LogP contribution in [0.15, 0.2) is 52.8 Å². The molecule has 11 heteroatoms. The fourth-order valence-electron chi connectivity index (χ4n) is 3.86. The maximum atomic E-state index is 12.7. The van der Waals surface area contributed by atoms with Gasteiger partial charge in [0.25, 0.3) is 0 Å². The Morgan fingerprint density at radius 1 is 1.19 bits per heavy atom. The number of benzene rings is 1. The van der Waals surface area contributed by atoms with Crippen LogP contribution in [0.2, 0.25) is 5.02 Å². The number of aliphatic carboxylic acids is 1. The third kappa shape index (κ3) is 5.70. The van der Waals surface area contributed by atoms with E-state index in [1.165, 1.54) is 26.7 Å². The van der Waals surface area contributed by atoms with Gasteiger partial charge in [-0.15, -0.1) is 0 Å². The summed E-state index contributed by atoms with van der Waals surface area (Å²) in [5.41, 5.74) is 4.06. The Balaban J connectivity index is 1.69. The number of carboxylic acids is 1. The highest BCUT2D eigenvalue weighted by Gasteiger charge is 2.27. The summed E-state index contributed by atoms with van der Waals surface area (Å²) in [6.45, 7) is 1.54. The second-order valence-electron chi connectivity index (χ2n) is 7.93. The molecule has 0 unspecified atom stereocenters. The van der Waals surface area contributed by atoms with Gasteiger partial charge < -0.3 is 34.4 Å². The molecule has 10 nitrogen and oxygen atoms in total. The van der Waals surface area contributed by atoms with Crippen molar-refractivity contribution in [2.45, 2.75) is 13.5 Å². The largest absolute Gasteiger partial charge is 0.493 e. The monoisotopic (exact) mass is 525 g/mol. The lowest BCUT2D eigenvalue weighted by atomic mass is 10.0. The van der Waals surface area contributed by atoms with Crippen molar-refractivity contribution in [3.63, 3.8) is 0 Å². The van der Waals surface area contributed by atoms with Gasteiger partial charge in [0.15, 0.2) is 18.1 Å². The predicted molar refractivity (Wildman–Crippen MR) is 136 cm³/mol. The molecular weight excluding hydrogens is 502 g/mol. The van der Waals surface area contributed by atoms with Crippen molar-refractivity contribution >= 4 is 40.9 Å². The number of furan rings is 1. The molecule has 0 fully saturated rings. The average molecular weight is 526 g/mol. The summed E-state index contributed by atoms with van der Waals surface area (Å²) in [5, 5.41) is 15.1. The quantitative estimate of drug-likeness (QED) is 0.369. The molecule has 0 bridgehead atoms. The van der Waals surface area contributed by atoms with Crippen molar-refractivity contribution in [3.8, 4) is 17.2 Å². The molecule has 1 aliphatic carbocycles. The van der Waals surface area contributed by atoms with Gasteiger partial charge in [-0.1, -0.05) is 11.6 Å². The van der Waals surface area contributed by atoms with Crippen molar-refractivity contribution in [1.82, 2.24) is 15.6 Å². The van der Waals surface area contributed by atoms with E-state index in [4.69, 9.17) is 35.3 Å². The molecule has 4 rings (SSSR count). The minimum atomic E-state index is -1.13. The Morgan fingerprint density at radius 2 is 1.92 bits per heavy atom. The number of fused-ring (bicyclic) bond motifs is 1. The first-order chi connectivity index (χ1) is 17.8. The van der Waals surface area contributed by atoms with Gasteiger partial charge in [0.1, 0.15) is 5.76 Å². The fourth-order valence-corrected chi connectivity index (χ4v) is 4.02. The maximum absolute atomic E-state index is 12.7. The number of hydrogen-bond acceptors (Lipinski definition) is 7. The number of halogens is 1. The summed E-state index contributed by atoms with van der Waals surface area (Å²) in [6, 6.07) is 8.21. The van der Waals surface area contributed by atoms with Crippen molar-refractivity contribution in [2.24, 2.45) is 0 Å². The molecule has 192 valence electrons. The van der Waals surface area contributed by atoms with Crippen molar-refractivity contribution in [3.05, 3.63) is 76.0 Å². The molecule has 0 radical (unpaired) electrons. The highest BCUT2D eigenvalue weighted by Crippen LogP contribution is 2.43. The van der Waals surface area contributed by atoms with Crippen LogP contribution in [0.25, 0.3) is 17.3 Å². The van der Waals surface area contributed by atoms with E-state index < -0.39 is 18.6 Å². The average Bonchev–Trinajstić information content (AvgIpc) is 3.48. The molecule has 0 atom stereocenters. The van der Waals surface area contributed by atoms with Gasteiger partial charge in [0, 0.05) is 17.3 Å². The zero-order chi connectivity index (χ0) is 26.5. The molecule has 0 aliphatic heterocycles. The number of methoxy groups -OCH3 is 2. The summed E-state index contributed by atoms with van der Waals surface area (Å²) < 4.78 is 21.5. The lowest BCUT2D eigenvalue weighted by Crippen LogP contribution is -2.33. The van der Waals surface area contributed by atoms with Gasteiger partial charge in [0.05, 0.1) is 43.4 Å². The fraction of sp³-hybridized carbons (Fsp3) is 0.192. The number of ether oxygens (including phenoxy) is 3. The first kappa shape index (κ1) is 25.6. The van der Waals surface area contributed by atoms with Gasteiger partial charge in [-0.3, -0.25) is 4.98 Å². The van der Waals surface area contributed by atoms with Crippen LogP contribution in [0.4, 0.5) is 4.79 Å². The van der Waals surface area contributed by atoms with Crippen LogP contribution < -0.4 is 24.8 Å². The van der Waals surface area contributed by atoms with Crippen LogP contribution in [-0.2, 0) is 11.3 Å². The third-order valence-electron chi connectivity index (χ3n) is 5.53. The summed E-state index contributed by atoms with van der Waals surface area (Å²) in [6.07, 6.45) is 4.93. The molecule has 1 aliphatic rings. The van der Waals surface area contributed by atoms with Crippen LogP contribution in [-0.4, -0.2) is 42.9 Å². The molecule has 2 heterocycles. The number of carboxylic acid groups (broad SMARTS) is 1. The number of aromatic nitrogens is 1. The van der Waals surface area contributed by atoms with Gasteiger partial charge in [-0.05, 0) is 54.5 Å². The molecule has 2 aromatic heterocycles. The topological polar surface area (TPSA) is 132 Å². The Kier molecular flexibility index (Phi) is 7.69. The summed E-state index contributed by atoms with van der Waals surface area (Å²) in [4.78, 5) is 28.1. The van der Waals surface area contributed by atoms with E-state index in [0.29, 0.717) is 44.8 Å². The smallest absolute Gasteiger partial charge is 0.341 e. The number of nitrogens with zero attached hydrogens (tertiary/aromatic N) is 1. The highest BCUT2D eigenvalue weighted by atomic mass is 35.5. The molecule has 0 spiro atoms. The zero-order valence-corrected chi connectivity index (χ0v) is 21.0. The van der Waals surface area contributed by atoms with Crippen LogP contribution >= 0.6 is 11.6 Å². The number of carbonyl (C=O) groups excluding carboxylic acids is 1. The zero-order valence-electron chi connectivity index (χ0n) is 20.3. The highest BCUT2D eigenvalue weighted by molar-refractivity contribution is 6.30.